The fourth-order valence-electron chi connectivity index (χ4n) is 2.56. The predicted molar refractivity (Wildman–Crippen MR) is 90.7 cm³/mol. The van der Waals surface area contributed by atoms with E-state index in [2.05, 4.69) is 5.10 Å². The van der Waals surface area contributed by atoms with Crippen LogP contribution in [0.5, 0.6) is 5.75 Å². The third-order valence-electron chi connectivity index (χ3n) is 3.89. The highest BCUT2D eigenvalue weighted by Crippen LogP contribution is 2.37. The Bertz CT molecular complexity index is 1090. The minimum absolute atomic E-state index is 0.0362. The van der Waals surface area contributed by atoms with E-state index >= 15 is 0 Å². The molecule has 154 valence electrons. The van der Waals surface area contributed by atoms with Crippen LogP contribution in [-0.4, -0.2) is 21.5 Å². The second kappa shape index (κ2) is 7.14. The molecule has 0 radical (unpaired) electrons. The van der Waals surface area contributed by atoms with E-state index in [0.29, 0.717) is 16.8 Å². The largest absolute Gasteiger partial charge is 0.495 e. The van der Waals surface area contributed by atoms with Gasteiger partial charge in [0.2, 0.25) is 0 Å². The number of alkyl halides is 6. The molecule has 5 nitrogen and oxygen atoms in total. The molecule has 0 fully saturated rings. The summed E-state index contributed by atoms with van der Waals surface area (Å²) in [5.41, 5.74) is -4.73. The van der Waals surface area contributed by atoms with Gasteiger partial charge in [-0.2, -0.15) is 36.1 Å². The van der Waals surface area contributed by atoms with Gasteiger partial charge < -0.3 is 4.74 Å². The van der Waals surface area contributed by atoms with Crippen molar-refractivity contribution in [3.8, 4) is 17.1 Å². The van der Waals surface area contributed by atoms with Gasteiger partial charge in [-0.3, -0.25) is 0 Å². The zero-order chi connectivity index (χ0) is 21.6. The van der Waals surface area contributed by atoms with E-state index in [4.69, 9.17) is 16.3 Å². The second-order valence-corrected chi connectivity index (χ2v) is 6.21. The molecule has 0 spiro atoms. The maximum absolute atomic E-state index is 13.1. The lowest BCUT2D eigenvalue weighted by atomic mass is 10.1. The zero-order valence-electron chi connectivity index (χ0n) is 14.3. The van der Waals surface area contributed by atoms with Gasteiger partial charge in [0.05, 0.1) is 29.6 Å². The van der Waals surface area contributed by atoms with E-state index in [1.807, 2.05) is 0 Å². The van der Waals surface area contributed by atoms with Crippen molar-refractivity contribution in [2.45, 2.75) is 12.4 Å². The topological polar surface area (TPSA) is 49.0 Å². The van der Waals surface area contributed by atoms with E-state index in [9.17, 15) is 31.1 Å². The number of ether oxygens (including phenoxy) is 1. The molecule has 12 heteroatoms. The smallest absolute Gasteiger partial charge is 0.416 e. The third kappa shape index (κ3) is 4.09. The Balaban J connectivity index is 2.22. The van der Waals surface area contributed by atoms with Crippen LogP contribution in [0, 0.1) is 0 Å². The molecule has 29 heavy (non-hydrogen) atoms. The normalized spacial score (nSPS) is 12.3. The summed E-state index contributed by atoms with van der Waals surface area (Å²) in [5.74, 6) is 0.191. The number of aromatic nitrogens is 3. The molecule has 3 aromatic rings. The van der Waals surface area contributed by atoms with Crippen molar-refractivity contribution in [2.75, 3.05) is 7.11 Å². The van der Waals surface area contributed by atoms with Crippen LogP contribution >= 0.6 is 11.6 Å². The summed E-state index contributed by atoms with van der Waals surface area (Å²) >= 11 is 5.89. The first-order chi connectivity index (χ1) is 13.4. The van der Waals surface area contributed by atoms with Crippen molar-refractivity contribution in [2.24, 2.45) is 0 Å². The molecule has 0 N–H and O–H groups in total. The number of rotatable bonds is 3. The lowest BCUT2D eigenvalue weighted by molar-refractivity contribution is -0.143. The van der Waals surface area contributed by atoms with Crippen LogP contribution in [0.2, 0.25) is 5.02 Å². The highest BCUT2D eigenvalue weighted by molar-refractivity contribution is 6.30. The Kier molecular flexibility index (Phi) is 5.11. The van der Waals surface area contributed by atoms with Gasteiger partial charge in [0.25, 0.3) is 0 Å². The van der Waals surface area contributed by atoms with E-state index in [1.165, 1.54) is 25.3 Å². The predicted octanol–water partition coefficient (Wildman–Crippen LogP) is 4.72. The Morgan fingerprint density at radius 2 is 1.55 bits per heavy atom. The molecule has 0 aliphatic carbocycles. The molecular weight excluding hydrogens is 428 g/mol. The quantitative estimate of drug-likeness (QED) is 0.557. The van der Waals surface area contributed by atoms with E-state index in [-0.39, 0.29) is 22.5 Å². The summed E-state index contributed by atoms with van der Waals surface area (Å²) < 4.78 is 84.7. The van der Waals surface area contributed by atoms with Gasteiger partial charge in [0.1, 0.15) is 12.1 Å². The minimum atomic E-state index is -5.06. The number of nitrogens with zero attached hydrogens (tertiary/aromatic N) is 3. The Labute approximate surface area is 163 Å². The first-order valence-electron chi connectivity index (χ1n) is 7.72. The van der Waals surface area contributed by atoms with Gasteiger partial charge in [-0.1, -0.05) is 11.6 Å². The van der Waals surface area contributed by atoms with Gasteiger partial charge in [0.15, 0.2) is 0 Å². The van der Waals surface area contributed by atoms with Gasteiger partial charge in [-0.25, -0.2) is 9.36 Å². The molecular formula is C17H10ClF6N3O2. The number of methoxy groups -OCH3 is 1. The first kappa shape index (κ1) is 20.8. The lowest BCUT2D eigenvalue weighted by Gasteiger charge is -2.13. The van der Waals surface area contributed by atoms with Crippen molar-refractivity contribution in [1.29, 1.82) is 0 Å². The summed E-state index contributed by atoms with van der Waals surface area (Å²) in [4.78, 5) is 12.7. The SMILES string of the molecule is COc1ccc(Cl)cc1-n1cnn(-c2cc(C(F)(F)F)cc(C(F)(F)F)c2)c1=O. The van der Waals surface area contributed by atoms with Crippen LogP contribution in [-0.2, 0) is 12.4 Å². The van der Waals surface area contributed by atoms with E-state index < -0.39 is 34.9 Å². The van der Waals surface area contributed by atoms with Crippen LogP contribution in [0.3, 0.4) is 0 Å². The summed E-state index contributed by atoms with van der Waals surface area (Å²) in [6.45, 7) is 0. The summed E-state index contributed by atoms with van der Waals surface area (Å²) in [5, 5.41) is 3.87. The van der Waals surface area contributed by atoms with Crippen LogP contribution in [0.15, 0.2) is 47.5 Å². The molecule has 2 aromatic carbocycles. The third-order valence-corrected chi connectivity index (χ3v) is 4.12. The first-order valence-corrected chi connectivity index (χ1v) is 8.10. The second-order valence-electron chi connectivity index (χ2n) is 5.78. The molecule has 0 aliphatic rings. The fraction of sp³-hybridized carbons (Fsp3) is 0.176. The van der Waals surface area contributed by atoms with Crippen LogP contribution < -0.4 is 10.4 Å². The Morgan fingerprint density at radius 1 is 0.966 bits per heavy atom. The van der Waals surface area contributed by atoms with Crippen molar-refractivity contribution in [3.05, 3.63) is 69.4 Å². The molecule has 0 unspecified atom stereocenters. The Hall–Kier alpha value is -2.95. The molecule has 0 saturated carbocycles. The average molecular weight is 438 g/mol. The van der Waals surface area contributed by atoms with E-state index in [1.54, 1.807) is 0 Å². The van der Waals surface area contributed by atoms with Crippen molar-refractivity contribution in [1.82, 2.24) is 14.3 Å². The van der Waals surface area contributed by atoms with Crippen molar-refractivity contribution < 1.29 is 31.1 Å². The summed E-state index contributed by atoms with van der Waals surface area (Å²) in [6.07, 6.45) is -9.18. The van der Waals surface area contributed by atoms with Crippen molar-refractivity contribution in [3.63, 3.8) is 0 Å². The minimum Gasteiger partial charge on any atom is -0.495 e. The zero-order valence-corrected chi connectivity index (χ0v) is 15.1. The van der Waals surface area contributed by atoms with Crippen LogP contribution in [0.25, 0.3) is 11.4 Å². The molecule has 0 atom stereocenters. The number of benzene rings is 2. The Morgan fingerprint density at radius 3 is 2.07 bits per heavy atom. The number of hydrogen-bond acceptors (Lipinski definition) is 3. The molecule has 3 rings (SSSR count). The van der Waals surface area contributed by atoms with Crippen LogP contribution in [0.1, 0.15) is 11.1 Å². The van der Waals surface area contributed by atoms with E-state index in [0.717, 1.165) is 10.9 Å². The summed E-state index contributed by atoms with van der Waals surface area (Å²) in [6, 6.07) is 5.02. The van der Waals surface area contributed by atoms with Gasteiger partial charge >= 0.3 is 18.0 Å². The van der Waals surface area contributed by atoms with Crippen LogP contribution in [0.4, 0.5) is 26.3 Å². The van der Waals surface area contributed by atoms with Gasteiger partial charge in [0, 0.05) is 5.02 Å². The average Bonchev–Trinajstić information content (AvgIpc) is 3.01. The highest BCUT2D eigenvalue weighted by Gasteiger charge is 2.37. The standard InChI is InChI=1S/C17H10ClF6N3O2/c1-29-14-3-2-11(18)7-13(14)26-8-25-27(15(26)28)12-5-9(16(19,20)21)4-10(6-12)17(22,23)24/h2-8H,1H3. The molecule has 0 bridgehead atoms. The molecule has 1 aromatic heterocycles. The van der Waals surface area contributed by atoms with Gasteiger partial charge in [-0.15, -0.1) is 0 Å². The maximum atomic E-state index is 13.1. The molecule has 0 amide bonds. The molecule has 0 aliphatic heterocycles. The lowest BCUT2D eigenvalue weighted by Crippen LogP contribution is -2.24. The summed E-state index contributed by atoms with van der Waals surface area (Å²) in [7, 11) is 1.31. The van der Waals surface area contributed by atoms with Gasteiger partial charge in [-0.05, 0) is 36.4 Å². The highest BCUT2D eigenvalue weighted by atomic mass is 35.5. The van der Waals surface area contributed by atoms with Crippen molar-refractivity contribution >= 4 is 11.6 Å². The molecule has 1 heterocycles. The monoisotopic (exact) mass is 437 g/mol. The number of halogens is 7. The maximum Gasteiger partial charge on any atom is 0.416 e. The molecule has 0 saturated heterocycles. The number of hydrogen-bond donors (Lipinski definition) is 0. The fourth-order valence-corrected chi connectivity index (χ4v) is 2.72.